The van der Waals surface area contributed by atoms with Gasteiger partial charge in [-0.05, 0) is 13.0 Å². The molecule has 0 saturated carbocycles. The number of morpholine rings is 1. The average molecular weight is 277 g/mol. The van der Waals surface area contributed by atoms with Gasteiger partial charge in [-0.2, -0.15) is 4.31 Å². The predicted octanol–water partition coefficient (Wildman–Crippen LogP) is 0.650. The number of aliphatic hydroxyl groups excluding tert-OH is 1. The molecule has 7 heteroatoms. The van der Waals surface area contributed by atoms with Gasteiger partial charge in [0.15, 0.2) is 0 Å². The van der Waals surface area contributed by atoms with Crippen LogP contribution in [0.15, 0.2) is 16.3 Å². The molecule has 1 saturated heterocycles. The van der Waals surface area contributed by atoms with Crippen LogP contribution in [0.2, 0.25) is 0 Å². The van der Waals surface area contributed by atoms with E-state index in [9.17, 15) is 8.42 Å². The first-order chi connectivity index (χ1) is 8.04. The summed E-state index contributed by atoms with van der Waals surface area (Å²) in [6.45, 7) is 2.93. The third-order valence-electron chi connectivity index (χ3n) is 2.63. The van der Waals surface area contributed by atoms with Crippen LogP contribution >= 0.6 is 11.3 Å². The smallest absolute Gasteiger partial charge is 0.244 e. The van der Waals surface area contributed by atoms with E-state index in [1.54, 1.807) is 5.38 Å². The molecule has 1 unspecified atom stereocenters. The molecule has 1 aromatic heterocycles. The van der Waals surface area contributed by atoms with Gasteiger partial charge < -0.3 is 9.84 Å². The summed E-state index contributed by atoms with van der Waals surface area (Å²) in [4.78, 5) is 0.922. The Morgan fingerprint density at radius 2 is 2.41 bits per heavy atom. The maximum atomic E-state index is 12.3. The highest BCUT2D eigenvalue weighted by Crippen LogP contribution is 2.24. The molecule has 1 aromatic rings. The van der Waals surface area contributed by atoms with Gasteiger partial charge in [0.25, 0.3) is 0 Å². The maximum absolute atomic E-state index is 12.3. The second-order valence-corrected chi connectivity index (χ2v) is 6.89. The Hall–Kier alpha value is -0.470. The molecule has 2 heterocycles. The van der Waals surface area contributed by atoms with E-state index in [-0.39, 0.29) is 17.6 Å². The molecule has 0 aromatic carbocycles. The molecule has 0 spiro atoms. The molecule has 0 amide bonds. The molecule has 0 radical (unpaired) electrons. The number of thiophene rings is 1. The fourth-order valence-electron chi connectivity index (χ4n) is 1.73. The monoisotopic (exact) mass is 277 g/mol. The summed E-state index contributed by atoms with van der Waals surface area (Å²) < 4.78 is 31.3. The summed E-state index contributed by atoms with van der Waals surface area (Å²) in [6, 6.07) is 1.53. The highest BCUT2D eigenvalue weighted by Gasteiger charge is 2.29. The zero-order valence-corrected chi connectivity index (χ0v) is 11.1. The van der Waals surface area contributed by atoms with Crippen molar-refractivity contribution in [2.24, 2.45) is 0 Å². The van der Waals surface area contributed by atoms with Crippen LogP contribution in [0.5, 0.6) is 0 Å². The Balaban J connectivity index is 2.23. The molecule has 1 atom stereocenters. The number of ether oxygens (including phenoxy) is 1. The normalized spacial score (nSPS) is 22.8. The van der Waals surface area contributed by atoms with Crippen LogP contribution in [0.3, 0.4) is 0 Å². The summed E-state index contributed by atoms with van der Waals surface area (Å²) in [5.74, 6) is 0. The van der Waals surface area contributed by atoms with Crippen molar-refractivity contribution >= 4 is 21.4 Å². The number of nitrogens with zero attached hydrogens (tertiary/aromatic N) is 1. The minimum absolute atomic E-state index is 0.0746. The van der Waals surface area contributed by atoms with Gasteiger partial charge in [0.2, 0.25) is 10.0 Å². The molecule has 1 fully saturated rings. The lowest BCUT2D eigenvalue weighted by molar-refractivity contribution is 0.0102. The van der Waals surface area contributed by atoms with Crippen molar-refractivity contribution in [1.29, 1.82) is 0 Å². The van der Waals surface area contributed by atoms with E-state index in [1.165, 1.54) is 21.7 Å². The first kappa shape index (κ1) is 13.0. The Morgan fingerprint density at radius 3 is 3.00 bits per heavy atom. The van der Waals surface area contributed by atoms with Crippen LogP contribution in [0.4, 0.5) is 0 Å². The lowest BCUT2D eigenvalue weighted by Gasteiger charge is -2.29. The van der Waals surface area contributed by atoms with Crippen LogP contribution in [0.25, 0.3) is 0 Å². The van der Waals surface area contributed by atoms with Crippen molar-refractivity contribution < 1.29 is 18.3 Å². The van der Waals surface area contributed by atoms with Crippen LogP contribution < -0.4 is 0 Å². The maximum Gasteiger partial charge on any atom is 0.244 e. The largest absolute Gasteiger partial charge is 0.391 e. The second kappa shape index (κ2) is 5.03. The summed E-state index contributed by atoms with van der Waals surface area (Å²) in [7, 11) is -3.43. The van der Waals surface area contributed by atoms with Crippen molar-refractivity contribution in [1.82, 2.24) is 4.31 Å². The van der Waals surface area contributed by atoms with Crippen LogP contribution in [0.1, 0.15) is 11.8 Å². The van der Waals surface area contributed by atoms with Gasteiger partial charge in [0.05, 0.1) is 24.2 Å². The van der Waals surface area contributed by atoms with E-state index in [0.717, 1.165) is 0 Å². The summed E-state index contributed by atoms with van der Waals surface area (Å²) in [5, 5.41) is 10.5. The topological polar surface area (TPSA) is 66.8 Å². The van der Waals surface area contributed by atoms with Crippen LogP contribution in [0, 0.1) is 0 Å². The zero-order chi connectivity index (χ0) is 12.5. The molecule has 2 rings (SSSR count). The Bertz CT molecular complexity index is 482. The Morgan fingerprint density at radius 1 is 1.65 bits per heavy atom. The van der Waals surface area contributed by atoms with Gasteiger partial charge in [0.1, 0.15) is 0 Å². The summed E-state index contributed by atoms with van der Waals surface area (Å²) in [5.41, 5.74) is 0. The zero-order valence-electron chi connectivity index (χ0n) is 9.50. The fraction of sp³-hybridized carbons (Fsp3) is 0.600. The molecule has 0 aliphatic carbocycles. The molecular formula is C10H15NO4S2. The minimum atomic E-state index is -3.43. The quantitative estimate of drug-likeness (QED) is 0.881. The fourth-order valence-corrected chi connectivity index (χ4v) is 4.35. The van der Waals surface area contributed by atoms with Gasteiger partial charge in [-0.15, -0.1) is 11.3 Å². The van der Waals surface area contributed by atoms with Crippen LogP contribution in [-0.2, 0) is 21.4 Å². The number of aliphatic hydroxyl groups is 1. The van der Waals surface area contributed by atoms with Crippen molar-refractivity contribution in [3.8, 4) is 0 Å². The van der Waals surface area contributed by atoms with Gasteiger partial charge in [-0.1, -0.05) is 0 Å². The standard InChI is InChI=1S/C10H15NO4S2/c1-8-5-11(2-3-15-8)17(13,14)10-4-9(6-12)16-7-10/h4,7-8,12H,2-3,5-6H2,1H3. The lowest BCUT2D eigenvalue weighted by atomic mass is 10.3. The van der Waals surface area contributed by atoms with E-state index in [2.05, 4.69) is 0 Å². The highest BCUT2D eigenvalue weighted by molar-refractivity contribution is 7.89. The third kappa shape index (κ3) is 2.69. The first-order valence-corrected chi connectivity index (χ1v) is 7.66. The van der Waals surface area contributed by atoms with Crippen molar-refractivity contribution in [3.63, 3.8) is 0 Å². The second-order valence-electron chi connectivity index (χ2n) is 3.95. The molecule has 5 nitrogen and oxygen atoms in total. The Kier molecular flexibility index (Phi) is 3.84. The third-order valence-corrected chi connectivity index (χ3v) is 5.54. The molecule has 0 bridgehead atoms. The van der Waals surface area contributed by atoms with Gasteiger partial charge >= 0.3 is 0 Å². The Labute approximate surface area is 105 Å². The van der Waals surface area contributed by atoms with Gasteiger partial charge in [-0.25, -0.2) is 8.42 Å². The molecule has 96 valence electrons. The predicted molar refractivity (Wildman–Crippen MR) is 64.4 cm³/mol. The number of sulfonamides is 1. The van der Waals surface area contributed by atoms with E-state index >= 15 is 0 Å². The molecule has 1 N–H and O–H groups in total. The lowest BCUT2D eigenvalue weighted by Crippen LogP contribution is -2.44. The number of hydrogen-bond acceptors (Lipinski definition) is 5. The SMILES string of the molecule is CC1CN(S(=O)(=O)c2csc(CO)c2)CCO1. The van der Waals surface area contributed by atoms with Crippen molar-refractivity contribution in [2.45, 2.75) is 24.5 Å². The molecule has 17 heavy (non-hydrogen) atoms. The summed E-state index contributed by atoms with van der Waals surface area (Å²) >= 11 is 1.25. The minimum Gasteiger partial charge on any atom is -0.391 e. The van der Waals surface area contributed by atoms with E-state index in [4.69, 9.17) is 9.84 Å². The van der Waals surface area contributed by atoms with Gasteiger partial charge in [0, 0.05) is 23.3 Å². The summed E-state index contributed by atoms with van der Waals surface area (Å²) in [6.07, 6.45) is -0.0746. The van der Waals surface area contributed by atoms with E-state index < -0.39 is 10.0 Å². The average Bonchev–Trinajstić information content (AvgIpc) is 2.78. The van der Waals surface area contributed by atoms with Crippen molar-refractivity contribution in [2.75, 3.05) is 19.7 Å². The van der Waals surface area contributed by atoms with E-state index in [0.29, 0.717) is 24.6 Å². The highest BCUT2D eigenvalue weighted by atomic mass is 32.2. The molecular weight excluding hydrogens is 262 g/mol. The number of hydrogen-bond donors (Lipinski definition) is 1. The van der Waals surface area contributed by atoms with Gasteiger partial charge in [-0.3, -0.25) is 0 Å². The number of rotatable bonds is 3. The molecule has 1 aliphatic rings. The van der Waals surface area contributed by atoms with Crippen molar-refractivity contribution in [3.05, 3.63) is 16.3 Å². The van der Waals surface area contributed by atoms with Crippen LogP contribution in [-0.4, -0.2) is 43.6 Å². The first-order valence-electron chi connectivity index (χ1n) is 5.34. The van der Waals surface area contributed by atoms with E-state index in [1.807, 2.05) is 6.92 Å². The molecule has 1 aliphatic heterocycles.